The van der Waals surface area contributed by atoms with Crippen LogP contribution in [0, 0.1) is 0 Å². The molecule has 19 heavy (non-hydrogen) atoms. The summed E-state index contributed by atoms with van der Waals surface area (Å²) in [5.74, 6) is 0.448. The Morgan fingerprint density at radius 1 is 1.00 bits per heavy atom. The molecule has 2 heteroatoms. The number of benzene rings is 2. The summed E-state index contributed by atoms with van der Waals surface area (Å²) in [4.78, 5) is 14.1. The van der Waals surface area contributed by atoms with E-state index in [1.54, 1.807) is 11.9 Å². The monoisotopic (exact) mass is 253 g/mol. The van der Waals surface area contributed by atoms with E-state index in [1.165, 1.54) is 5.56 Å². The molecular formula is C17H19NO. The first-order valence-electron chi connectivity index (χ1n) is 6.52. The Kier molecular flexibility index (Phi) is 4.00. The van der Waals surface area contributed by atoms with Crippen LogP contribution in [-0.2, 0) is 0 Å². The summed E-state index contributed by atoms with van der Waals surface area (Å²) in [5.41, 5.74) is 2.83. The highest BCUT2D eigenvalue weighted by Crippen LogP contribution is 2.19. The fraction of sp³-hybridized carbons (Fsp3) is 0.235. The molecule has 2 aromatic rings. The molecule has 0 unspecified atom stereocenters. The Labute approximate surface area is 114 Å². The quantitative estimate of drug-likeness (QED) is 0.807. The summed E-state index contributed by atoms with van der Waals surface area (Å²) in [6.07, 6.45) is 0. The molecule has 0 radical (unpaired) electrons. The maximum absolute atomic E-state index is 12.4. The highest BCUT2D eigenvalue weighted by atomic mass is 16.2. The average Bonchev–Trinajstić information content (AvgIpc) is 2.46. The van der Waals surface area contributed by atoms with Crippen molar-refractivity contribution in [2.24, 2.45) is 0 Å². The first-order chi connectivity index (χ1) is 9.09. The summed E-state index contributed by atoms with van der Waals surface area (Å²) in [6, 6.07) is 17.5. The van der Waals surface area contributed by atoms with Gasteiger partial charge in [-0.2, -0.15) is 0 Å². The molecule has 0 aliphatic rings. The Balaban J connectivity index is 2.27. The third-order valence-corrected chi connectivity index (χ3v) is 3.25. The Bertz CT molecular complexity index is 560. The van der Waals surface area contributed by atoms with Crippen LogP contribution >= 0.6 is 0 Å². The Hall–Kier alpha value is -2.09. The first-order valence-corrected chi connectivity index (χ1v) is 6.52. The van der Waals surface area contributed by atoms with Gasteiger partial charge in [0.2, 0.25) is 0 Å². The van der Waals surface area contributed by atoms with Gasteiger partial charge in [0.05, 0.1) is 0 Å². The lowest BCUT2D eigenvalue weighted by Crippen LogP contribution is -2.26. The number of nitrogens with zero attached hydrogens (tertiary/aromatic N) is 1. The van der Waals surface area contributed by atoms with Crippen molar-refractivity contribution in [2.75, 3.05) is 11.9 Å². The van der Waals surface area contributed by atoms with Crippen molar-refractivity contribution in [2.45, 2.75) is 19.8 Å². The minimum absolute atomic E-state index is 0.0219. The van der Waals surface area contributed by atoms with Crippen LogP contribution in [0.25, 0.3) is 0 Å². The molecule has 0 aliphatic heterocycles. The van der Waals surface area contributed by atoms with Crippen LogP contribution in [0.5, 0.6) is 0 Å². The van der Waals surface area contributed by atoms with Crippen LogP contribution < -0.4 is 4.90 Å². The highest BCUT2D eigenvalue weighted by molar-refractivity contribution is 6.05. The summed E-state index contributed by atoms with van der Waals surface area (Å²) in [6.45, 7) is 4.26. The number of para-hydroxylation sites is 1. The van der Waals surface area contributed by atoms with Gasteiger partial charge in [-0.1, -0.05) is 44.2 Å². The van der Waals surface area contributed by atoms with Gasteiger partial charge in [0.15, 0.2) is 0 Å². The molecule has 0 atom stereocenters. The molecule has 0 aliphatic carbocycles. The zero-order chi connectivity index (χ0) is 13.8. The van der Waals surface area contributed by atoms with Crippen LogP contribution in [0.1, 0.15) is 35.7 Å². The number of carbonyl (C=O) groups excluding carboxylic acids is 1. The van der Waals surface area contributed by atoms with Crippen molar-refractivity contribution >= 4 is 11.6 Å². The van der Waals surface area contributed by atoms with Crippen molar-refractivity contribution in [1.29, 1.82) is 0 Å². The van der Waals surface area contributed by atoms with E-state index >= 15 is 0 Å². The molecular weight excluding hydrogens is 234 g/mol. The fourth-order valence-corrected chi connectivity index (χ4v) is 1.99. The van der Waals surface area contributed by atoms with E-state index in [0.717, 1.165) is 11.3 Å². The maximum atomic E-state index is 12.4. The van der Waals surface area contributed by atoms with Gasteiger partial charge in [0.1, 0.15) is 0 Å². The molecule has 0 aromatic heterocycles. The minimum atomic E-state index is 0.0219. The minimum Gasteiger partial charge on any atom is -0.311 e. The first kappa shape index (κ1) is 13.3. The van der Waals surface area contributed by atoms with Gasteiger partial charge in [0.25, 0.3) is 5.91 Å². The normalized spacial score (nSPS) is 10.5. The lowest BCUT2D eigenvalue weighted by Gasteiger charge is -2.18. The van der Waals surface area contributed by atoms with Crippen LogP contribution in [0.3, 0.4) is 0 Å². The highest BCUT2D eigenvalue weighted by Gasteiger charge is 2.13. The maximum Gasteiger partial charge on any atom is 0.258 e. The van der Waals surface area contributed by atoms with Crippen molar-refractivity contribution in [3.8, 4) is 0 Å². The van der Waals surface area contributed by atoms with Gasteiger partial charge in [-0.15, -0.1) is 0 Å². The van der Waals surface area contributed by atoms with Crippen LogP contribution in [-0.4, -0.2) is 13.0 Å². The largest absolute Gasteiger partial charge is 0.311 e. The summed E-state index contributed by atoms with van der Waals surface area (Å²) in [5, 5.41) is 0. The molecule has 0 saturated heterocycles. The lowest BCUT2D eigenvalue weighted by atomic mass is 10.0. The van der Waals surface area contributed by atoms with Crippen LogP contribution in [0.4, 0.5) is 5.69 Å². The van der Waals surface area contributed by atoms with Gasteiger partial charge in [-0.25, -0.2) is 0 Å². The zero-order valence-electron chi connectivity index (χ0n) is 11.6. The molecule has 0 heterocycles. The zero-order valence-corrected chi connectivity index (χ0v) is 11.6. The molecule has 2 nitrogen and oxygen atoms in total. The molecule has 2 rings (SSSR count). The van der Waals surface area contributed by atoms with Crippen molar-refractivity contribution < 1.29 is 4.79 Å². The lowest BCUT2D eigenvalue weighted by molar-refractivity contribution is 0.0993. The molecule has 0 saturated carbocycles. The molecule has 0 fully saturated rings. The number of carbonyl (C=O) groups is 1. The van der Waals surface area contributed by atoms with E-state index in [2.05, 4.69) is 19.9 Å². The summed E-state index contributed by atoms with van der Waals surface area (Å²) < 4.78 is 0. The second-order valence-electron chi connectivity index (χ2n) is 4.98. The van der Waals surface area contributed by atoms with Gasteiger partial charge < -0.3 is 4.90 Å². The number of rotatable bonds is 3. The van der Waals surface area contributed by atoms with E-state index in [1.807, 2.05) is 48.5 Å². The predicted octanol–water partition coefficient (Wildman–Crippen LogP) is 4.09. The van der Waals surface area contributed by atoms with Crippen molar-refractivity contribution in [1.82, 2.24) is 0 Å². The van der Waals surface area contributed by atoms with E-state index in [9.17, 15) is 4.79 Å². The molecule has 2 aromatic carbocycles. The van der Waals surface area contributed by atoms with Crippen LogP contribution in [0.15, 0.2) is 54.6 Å². The summed E-state index contributed by atoms with van der Waals surface area (Å²) >= 11 is 0. The SMILES string of the molecule is CC(C)c1cccc(C(=O)N(C)c2ccccc2)c1. The van der Waals surface area contributed by atoms with Gasteiger partial charge >= 0.3 is 0 Å². The molecule has 1 amide bonds. The number of hydrogen-bond acceptors (Lipinski definition) is 1. The third kappa shape index (κ3) is 3.02. The Morgan fingerprint density at radius 2 is 1.68 bits per heavy atom. The predicted molar refractivity (Wildman–Crippen MR) is 79.7 cm³/mol. The van der Waals surface area contributed by atoms with Gasteiger partial charge in [0, 0.05) is 18.3 Å². The van der Waals surface area contributed by atoms with Gasteiger partial charge in [-0.05, 0) is 35.7 Å². The van der Waals surface area contributed by atoms with Crippen molar-refractivity contribution in [3.63, 3.8) is 0 Å². The third-order valence-electron chi connectivity index (χ3n) is 3.25. The topological polar surface area (TPSA) is 20.3 Å². The number of amides is 1. The standard InChI is InChI=1S/C17H19NO/c1-13(2)14-8-7-9-15(12-14)17(19)18(3)16-10-5-4-6-11-16/h4-13H,1-3H3. The number of anilines is 1. The number of hydrogen-bond donors (Lipinski definition) is 0. The smallest absolute Gasteiger partial charge is 0.258 e. The summed E-state index contributed by atoms with van der Waals surface area (Å²) in [7, 11) is 1.81. The second-order valence-corrected chi connectivity index (χ2v) is 4.98. The molecule has 0 bridgehead atoms. The molecule has 98 valence electrons. The van der Waals surface area contributed by atoms with E-state index in [4.69, 9.17) is 0 Å². The van der Waals surface area contributed by atoms with E-state index < -0.39 is 0 Å². The second kappa shape index (κ2) is 5.70. The van der Waals surface area contributed by atoms with E-state index in [-0.39, 0.29) is 5.91 Å². The average molecular weight is 253 g/mol. The Morgan fingerprint density at radius 3 is 2.32 bits per heavy atom. The van der Waals surface area contributed by atoms with E-state index in [0.29, 0.717) is 5.92 Å². The fourth-order valence-electron chi connectivity index (χ4n) is 1.99. The van der Waals surface area contributed by atoms with Crippen molar-refractivity contribution in [3.05, 3.63) is 65.7 Å². The molecule has 0 N–H and O–H groups in total. The molecule has 0 spiro atoms. The van der Waals surface area contributed by atoms with Gasteiger partial charge in [-0.3, -0.25) is 4.79 Å². The van der Waals surface area contributed by atoms with Crippen LogP contribution in [0.2, 0.25) is 0 Å².